The standard InChI is InChI=1S/C15H12ClN3O/c16-11-7-5-10(6-8-11)9-20-15-14(17)18-12-3-1-2-4-13(12)19-15/h1-8H,9H2,(H2,17,18). The zero-order valence-electron chi connectivity index (χ0n) is 10.6. The number of hydrogen-bond acceptors (Lipinski definition) is 4. The van der Waals surface area contributed by atoms with Gasteiger partial charge in [-0.05, 0) is 29.8 Å². The first-order valence-electron chi connectivity index (χ1n) is 6.12. The van der Waals surface area contributed by atoms with Crippen molar-refractivity contribution in [2.75, 3.05) is 5.73 Å². The van der Waals surface area contributed by atoms with Crippen molar-refractivity contribution in [1.82, 2.24) is 9.97 Å². The normalized spacial score (nSPS) is 10.7. The average molecular weight is 286 g/mol. The number of aromatic nitrogens is 2. The van der Waals surface area contributed by atoms with E-state index in [0.29, 0.717) is 17.5 Å². The van der Waals surface area contributed by atoms with Crippen LogP contribution >= 0.6 is 11.6 Å². The Morgan fingerprint density at radius 2 is 1.60 bits per heavy atom. The Bertz CT molecular complexity index is 744. The van der Waals surface area contributed by atoms with Gasteiger partial charge in [-0.1, -0.05) is 35.9 Å². The van der Waals surface area contributed by atoms with Gasteiger partial charge in [-0.2, -0.15) is 0 Å². The molecule has 0 bridgehead atoms. The Labute approximate surface area is 121 Å². The van der Waals surface area contributed by atoms with E-state index in [4.69, 9.17) is 22.1 Å². The lowest BCUT2D eigenvalue weighted by atomic mass is 10.2. The van der Waals surface area contributed by atoms with Crippen LogP contribution in [0.15, 0.2) is 48.5 Å². The van der Waals surface area contributed by atoms with E-state index in [9.17, 15) is 0 Å². The van der Waals surface area contributed by atoms with Gasteiger partial charge in [-0.15, -0.1) is 0 Å². The fourth-order valence-electron chi connectivity index (χ4n) is 1.84. The summed E-state index contributed by atoms with van der Waals surface area (Å²) >= 11 is 5.84. The van der Waals surface area contributed by atoms with Crippen molar-refractivity contribution in [2.45, 2.75) is 6.61 Å². The summed E-state index contributed by atoms with van der Waals surface area (Å²) in [5, 5.41) is 0.693. The lowest BCUT2D eigenvalue weighted by Crippen LogP contribution is -2.03. The molecule has 2 N–H and O–H groups in total. The van der Waals surface area contributed by atoms with Crippen molar-refractivity contribution in [3.63, 3.8) is 0 Å². The zero-order chi connectivity index (χ0) is 13.9. The number of nitrogens with zero attached hydrogens (tertiary/aromatic N) is 2. The topological polar surface area (TPSA) is 61.0 Å². The number of hydrogen-bond donors (Lipinski definition) is 1. The van der Waals surface area contributed by atoms with E-state index in [1.54, 1.807) is 0 Å². The first-order chi connectivity index (χ1) is 9.72. The molecule has 0 spiro atoms. The number of halogens is 1. The Morgan fingerprint density at radius 1 is 0.950 bits per heavy atom. The maximum absolute atomic E-state index is 5.86. The number of benzene rings is 2. The molecule has 0 unspecified atom stereocenters. The van der Waals surface area contributed by atoms with Crippen molar-refractivity contribution in [3.8, 4) is 5.88 Å². The second-order valence-corrected chi connectivity index (χ2v) is 4.75. The van der Waals surface area contributed by atoms with Crippen molar-refractivity contribution in [2.24, 2.45) is 0 Å². The molecule has 5 heteroatoms. The second kappa shape index (κ2) is 5.35. The van der Waals surface area contributed by atoms with Gasteiger partial charge in [0, 0.05) is 5.02 Å². The monoisotopic (exact) mass is 285 g/mol. The highest BCUT2D eigenvalue weighted by atomic mass is 35.5. The van der Waals surface area contributed by atoms with Crippen LogP contribution in [0.2, 0.25) is 5.02 Å². The molecule has 0 saturated carbocycles. The number of rotatable bonds is 3. The van der Waals surface area contributed by atoms with E-state index >= 15 is 0 Å². The minimum absolute atomic E-state index is 0.290. The van der Waals surface area contributed by atoms with E-state index in [1.165, 1.54) is 0 Å². The molecular formula is C15H12ClN3O. The minimum Gasteiger partial charge on any atom is -0.470 e. The molecule has 1 heterocycles. The van der Waals surface area contributed by atoms with Gasteiger partial charge >= 0.3 is 0 Å². The Balaban J connectivity index is 1.83. The number of nitrogens with two attached hydrogens (primary N) is 1. The van der Waals surface area contributed by atoms with Gasteiger partial charge in [0.05, 0.1) is 11.0 Å². The van der Waals surface area contributed by atoms with Gasteiger partial charge < -0.3 is 10.5 Å². The Kier molecular flexibility index (Phi) is 3.39. The predicted octanol–water partition coefficient (Wildman–Crippen LogP) is 3.44. The van der Waals surface area contributed by atoms with Gasteiger partial charge in [0.15, 0.2) is 5.82 Å². The maximum Gasteiger partial charge on any atom is 0.258 e. The molecule has 3 aromatic rings. The van der Waals surface area contributed by atoms with Crippen molar-refractivity contribution < 1.29 is 4.74 Å². The van der Waals surface area contributed by atoms with Gasteiger partial charge in [0.1, 0.15) is 6.61 Å². The summed E-state index contributed by atoms with van der Waals surface area (Å²) in [7, 11) is 0. The highest BCUT2D eigenvalue weighted by molar-refractivity contribution is 6.30. The largest absolute Gasteiger partial charge is 0.470 e. The van der Waals surface area contributed by atoms with E-state index in [-0.39, 0.29) is 5.82 Å². The van der Waals surface area contributed by atoms with E-state index in [2.05, 4.69) is 9.97 Å². The molecule has 0 atom stereocenters. The van der Waals surface area contributed by atoms with Gasteiger partial charge in [-0.3, -0.25) is 0 Å². The molecule has 1 aromatic heterocycles. The van der Waals surface area contributed by atoms with Crippen molar-refractivity contribution in [1.29, 1.82) is 0 Å². The van der Waals surface area contributed by atoms with E-state index in [1.807, 2.05) is 48.5 Å². The first kappa shape index (κ1) is 12.7. The highest BCUT2D eigenvalue weighted by Crippen LogP contribution is 2.21. The fourth-order valence-corrected chi connectivity index (χ4v) is 1.96. The smallest absolute Gasteiger partial charge is 0.258 e. The van der Waals surface area contributed by atoms with Crippen LogP contribution < -0.4 is 10.5 Å². The third-order valence-electron chi connectivity index (χ3n) is 2.85. The fraction of sp³-hybridized carbons (Fsp3) is 0.0667. The quantitative estimate of drug-likeness (QED) is 0.801. The van der Waals surface area contributed by atoms with Crippen LogP contribution in [-0.2, 0) is 6.61 Å². The Morgan fingerprint density at radius 3 is 2.30 bits per heavy atom. The zero-order valence-corrected chi connectivity index (χ0v) is 11.3. The van der Waals surface area contributed by atoms with Crippen LogP contribution in [-0.4, -0.2) is 9.97 Å². The predicted molar refractivity (Wildman–Crippen MR) is 79.7 cm³/mol. The number of nitrogen functional groups attached to an aromatic ring is 1. The van der Waals surface area contributed by atoms with Gasteiger partial charge in [-0.25, -0.2) is 9.97 Å². The van der Waals surface area contributed by atoms with Crippen molar-refractivity contribution >= 4 is 28.5 Å². The summed E-state index contributed by atoms with van der Waals surface area (Å²) in [5.74, 6) is 0.635. The summed E-state index contributed by atoms with van der Waals surface area (Å²) in [4.78, 5) is 8.64. The molecule has 20 heavy (non-hydrogen) atoms. The third kappa shape index (κ3) is 2.65. The lowest BCUT2D eigenvalue weighted by Gasteiger charge is -2.08. The average Bonchev–Trinajstić information content (AvgIpc) is 2.47. The SMILES string of the molecule is Nc1nc2ccccc2nc1OCc1ccc(Cl)cc1. The molecule has 0 amide bonds. The molecule has 0 radical (unpaired) electrons. The molecule has 4 nitrogen and oxygen atoms in total. The molecule has 0 fully saturated rings. The number of anilines is 1. The molecule has 2 aromatic carbocycles. The van der Waals surface area contributed by atoms with Crippen LogP contribution in [0.1, 0.15) is 5.56 Å². The molecular weight excluding hydrogens is 274 g/mol. The van der Waals surface area contributed by atoms with Crippen molar-refractivity contribution in [3.05, 3.63) is 59.1 Å². The molecule has 0 aliphatic heterocycles. The molecule has 100 valence electrons. The summed E-state index contributed by atoms with van der Waals surface area (Å²) in [5.41, 5.74) is 8.36. The van der Waals surface area contributed by atoms with Crippen LogP contribution in [0.3, 0.4) is 0 Å². The summed E-state index contributed by atoms with van der Waals surface area (Å²) in [6.07, 6.45) is 0. The van der Waals surface area contributed by atoms with Crippen LogP contribution in [0.25, 0.3) is 11.0 Å². The van der Waals surface area contributed by atoms with Gasteiger partial charge in [0.25, 0.3) is 5.88 Å². The van der Waals surface area contributed by atoms with Crippen LogP contribution in [0.4, 0.5) is 5.82 Å². The summed E-state index contributed by atoms with van der Waals surface area (Å²) in [6.45, 7) is 0.369. The number of para-hydroxylation sites is 2. The maximum atomic E-state index is 5.86. The van der Waals surface area contributed by atoms with Gasteiger partial charge in [0.2, 0.25) is 0 Å². The molecule has 0 saturated heterocycles. The van der Waals surface area contributed by atoms with E-state index in [0.717, 1.165) is 16.6 Å². The molecule has 0 aliphatic rings. The molecule has 0 aliphatic carbocycles. The lowest BCUT2D eigenvalue weighted by molar-refractivity contribution is 0.296. The second-order valence-electron chi connectivity index (χ2n) is 4.32. The first-order valence-corrected chi connectivity index (χ1v) is 6.50. The van der Waals surface area contributed by atoms with E-state index < -0.39 is 0 Å². The number of ether oxygens (including phenoxy) is 1. The highest BCUT2D eigenvalue weighted by Gasteiger charge is 2.07. The minimum atomic E-state index is 0.290. The summed E-state index contributed by atoms with van der Waals surface area (Å²) < 4.78 is 5.63. The number of fused-ring (bicyclic) bond motifs is 1. The summed E-state index contributed by atoms with van der Waals surface area (Å²) in [6, 6.07) is 14.9. The molecule has 3 rings (SSSR count). The Hall–Kier alpha value is -2.33. The van der Waals surface area contributed by atoms with Crippen LogP contribution in [0.5, 0.6) is 5.88 Å². The third-order valence-corrected chi connectivity index (χ3v) is 3.10. The van der Waals surface area contributed by atoms with Crippen LogP contribution in [0, 0.1) is 0 Å².